The molecule has 2 aromatic rings. The van der Waals surface area contributed by atoms with Crippen LogP contribution in [-0.4, -0.2) is 20.7 Å². The SMILES string of the molecule is O=C(Nc1ccn(Cc2ccccn2)n1)C1CC12CCC2. The third-order valence-corrected chi connectivity index (χ3v) is 4.80. The van der Waals surface area contributed by atoms with Gasteiger partial charge in [0.25, 0.3) is 0 Å². The minimum absolute atomic E-state index is 0.137. The number of hydrogen-bond donors (Lipinski definition) is 1. The highest BCUT2D eigenvalue weighted by Crippen LogP contribution is 2.65. The Kier molecular flexibility index (Phi) is 2.80. The van der Waals surface area contributed by atoms with Crippen molar-refractivity contribution in [2.45, 2.75) is 32.2 Å². The van der Waals surface area contributed by atoms with Crippen LogP contribution < -0.4 is 5.32 Å². The molecule has 0 aromatic carbocycles. The maximum absolute atomic E-state index is 12.2. The summed E-state index contributed by atoms with van der Waals surface area (Å²) in [6.45, 7) is 0.615. The summed E-state index contributed by atoms with van der Waals surface area (Å²) >= 11 is 0. The topological polar surface area (TPSA) is 59.8 Å². The summed E-state index contributed by atoms with van der Waals surface area (Å²) in [6.07, 6.45) is 8.43. The lowest BCUT2D eigenvalue weighted by atomic mass is 9.80. The quantitative estimate of drug-likeness (QED) is 0.937. The Morgan fingerprint density at radius 3 is 2.95 bits per heavy atom. The zero-order chi connectivity index (χ0) is 14.3. The van der Waals surface area contributed by atoms with Crippen molar-refractivity contribution < 1.29 is 4.79 Å². The first-order valence-electron chi connectivity index (χ1n) is 7.49. The van der Waals surface area contributed by atoms with Crippen LogP contribution in [0.5, 0.6) is 0 Å². The lowest BCUT2D eigenvalue weighted by Gasteiger charge is -2.26. The third kappa shape index (κ3) is 2.33. The molecule has 1 amide bonds. The lowest BCUT2D eigenvalue weighted by molar-refractivity contribution is -0.118. The molecule has 2 aromatic heterocycles. The molecule has 0 radical (unpaired) electrons. The summed E-state index contributed by atoms with van der Waals surface area (Å²) in [7, 11) is 0. The summed E-state index contributed by atoms with van der Waals surface area (Å²) < 4.78 is 1.80. The lowest BCUT2D eigenvalue weighted by Crippen LogP contribution is -2.23. The van der Waals surface area contributed by atoms with E-state index < -0.39 is 0 Å². The zero-order valence-electron chi connectivity index (χ0n) is 11.8. The molecular weight excluding hydrogens is 264 g/mol. The molecule has 2 saturated carbocycles. The number of carbonyl (C=O) groups excluding carboxylic acids is 1. The van der Waals surface area contributed by atoms with Crippen molar-refractivity contribution in [3.8, 4) is 0 Å². The highest BCUT2D eigenvalue weighted by atomic mass is 16.2. The van der Waals surface area contributed by atoms with Gasteiger partial charge in [-0.25, -0.2) is 0 Å². The van der Waals surface area contributed by atoms with Crippen LogP contribution >= 0.6 is 0 Å². The van der Waals surface area contributed by atoms with Crippen LogP contribution in [0.1, 0.15) is 31.4 Å². The van der Waals surface area contributed by atoms with Crippen LogP contribution in [-0.2, 0) is 11.3 Å². The number of anilines is 1. The number of aromatic nitrogens is 3. The predicted molar refractivity (Wildman–Crippen MR) is 78.6 cm³/mol. The van der Waals surface area contributed by atoms with Gasteiger partial charge in [0.1, 0.15) is 0 Å². The molecule has 108 valence electrons. The van der Waals surface area contributed by atoms with Crippen LogP contribution in [0.2, 0.25) is 0 Å². The van der Waals surface area contributed by atoms with Crippen LogP contribution in [0.15, 0.2) is 36.7 Å². The summed E-state index contributed by atoms with van der Waals surface area (Å²) in [5.41, 5.74) is 1.31. The largest absolute Gasteiger partial charge is 0.309 e. The van der Waals surface area contributed by atoms with Gasteiger partial charge < -0.3 is 5.32 Å². The second-order valence-corrected chi connectivity index (χ2v) is 6.18. The van der Waals surface area contributed by atoms with Crippen molar-refractivity contribution in [1.29, 1.82) is 0 Å². The molecule has 5 nitrogen and oxygen atoms in total. The van der Waals surface area contributed by atoms with E-state index in [-0.39, 0.29) is 11.8 Å². The summed E-state index contributed by atoms with van der Waals surface area (Å²) in [4.78, 5) is 16.4. The van der Waals surface area contributed by atoms with Gasteiger partial charge in [-0.05, 0) is 36.8 Å². The first-order chi connectivity index (χ1) is 10.3. The van der Waals surface area contributed by atoms with E-state index in [0.29, 0.717) is 17.8 Å². The molecule has 0 saturated heterocycles. The van der Waals surface area contributed by atoms with E-state index in [1.165, 1.54) is 19.3 Å². The molecule has 0 aliphatic heterocycles. The second kappa shape index (κ2) is 4.69. The van der Waals surface area contributed by atoms with Gasteiger partial charge in [-0.15, -0.1) is 0 Å². The maximum atomic E-state index is 12.2. The molecule has 0 bridgehead atoms. The zero-order valence-corrected chi connectivity index (χ0v) is 11.8. The molecule has 21 heavy (non-hydrogen) atoms. The number of hydrogen-bond acceptors (Lipinski definition) is 3. The highest BCUT2D eigenvalue weighted by Gasteiger charge is 2.60. The molecule has 1 unspecified atom stereocenters. The van der Waals surface area contributed by atoms with Gasteiger partial charge in [-0.1, -0.05) is 12.5 Å². The van der Waals surface area contributed by atoms with E-state index in [0.717, 1.165) is 12.1 Å². The fraction of sp³-hybridized carbons (Fsp3) is 0.438. The molecule has 5 heteroatoms. The monoisotopic (exact) mass is 282 g/mol. The molecule has 2 aliphatic rings. The first-order valence-corrected chi connectivity index (χ1v) is 7.49. The first kappa shape index (κ1) is 12.6. The molecule has 1 N–H and O–H groups in total. The average Bonchev–Trinajstić information content (AvgIpc) is 3.10. The minimum atomic E-state index is 0.137. The smallest absolute Gasteiger partial charge is 0.229 e. The van der Waals surface area contributed by atoms with Crippen molar-refractivity contribution in [1.82, 2.24) is 14.8 Å². The van der Waals surface area contributed by atoms with E-state index >= 15 is 0 Å². The Bertz CT molecular complexity index is 660. The van der Waals surface area contributed by atoms with Crippen LogP contribution in [0.4, 0.5) is 5.82 Å². The number of nitrogens with one attached hydrogen (secondary N) is 1. The van der Waals surface area contributed by atoms with Crippen LogP contribution in [0.25, 0.3) is 0 Å². The minimum Gasteiger partial charge on any atom is -0.309 e. The fourth-order valence-electron chi connectivity index (χ4n) is 3.29. The number of amides is 1. The van der Waals surface area contributed by atoms with Gasteiger partial charge in [-0.2, -0.15) is 5.10 Å². The van der Waals surface area contributed by atoms with Crippen molar-refractivity contribution in [3.63, 3.8) is 0 Å². The average molecular weight is 282 g/mol. The van der Waals surface area contributed by atoms with E-state index in [1.807, 2.05) is 30.5 Å². The van der Waals surface area contributed by atoms with E-state index in [9.17, 15) is 4.79 Å². The van der Waals surface area contributed by atoms with E-state index in [2.05, 4.69) is 15.4 Å². The Labute approximate surface area is 123 Å². The van der Waals surface area contributed by atoms with Gasteiger partial charge in [0.15, 0.2) is 5.82 Å². The highest BCUT2D eigenvalue weighted by molar-refractivity contribution is 5.94. The molecular formula is C16H18N4O. The molecule has 2 fully saturated rings. The standard InChI is InChI=1S/C16H18N4O/c21-15(13-10-16(13)6-3-7-16)18-14-5-9-20(19-14)11-12-4-1-2-8-17-12/h1-2,4-5,8-9,13H,3,6-7,10-11H2,(H,18,19,21). The van der Waals surface area contributed by atoms with Crippen LogP contribution in [0, 0.1) is 11.3 Å². The number of nitrogens with zero attached hydrogens (tertiary/aromatic N) is 3. The van der Waals surface area contributed by atoms with Gasteiger partial charge in [0, 0.05) is 24.4 Å². The number of pyridine rings is 1. The Morgan fingerprint density at radius 2 is 2.29 bits per heavy atom. The second-order valence-electron chi connectivity index (χ2n) is 6.18. The summed E-state index contributed by atoms with van der Waals surface area (Å²) in [5, 5.41) is 7.33. The number of carbonyl (C=O) groups is 1. The van der Waals surface area contributed by atoms with Crippen molar-refractivity contribution in [2.75, 3.05) is 5.32 Å². The maximum Gasteiger partial charge on any atom is 0.229 e. The summed E-state index contributed by atoms with van der Waals surface area (Å²) in [5.74, 6) is 0.988. The van der Waals surface area contributed by atoms with Gasteiger partial charge in [0.05, 0.1) is 12.2 Å². The van der Waals surface area contributed by atoms with Crippen molar-refractivity contribution in [3.05, 3.63) is 42.4 Å². The third-order valence-electron chi connectivity index (χ3n) is 4.80. The predicted octanol–water partition coefficient (Wildman–Crippen LogP) is 2.46. The van der Waals surface area contributed by atoms with E-state index in [4.69, 9.17) is 0 Å². The Balaban J connectivity index is 1.37. The van der Waals surface area contributed by atoms with Gasteiger partial charge in [0.2, 0.25) is 5.91 Å². The molecule has 2 aliphatic carbocycles. The van der Waals surface area contributed by atoms with Crippen molar-refractivity contribution >= 4 is 11.7 Å². The normalized spacial score (nSPS) is 21.8. The summed E-state index contributed by atoms with van der Waals surface area (Å²) in [6, 6.07) is 7.66. The number of rotatable bonds is 4. The molecule has 1 atom stereocenters. The van der Waals surface area contributed by atoms with E-state index in [1.54, 1.807) is 10.9 Å². The van der Waals surface area contributed by atoms with Gasteiger partial charge >= 0.3 is 0 Å². The molecule has 4 rings (SSSR count). The molecule has 1 spiro atoms. The fourth-order valence-corrected chi connectivity index (χ4v) is 3.29. The van der Waals surface area contributed by atoms with Crippen LogP contribution in [0.3, 0.4) is 0 Å². The van der Waals surface area contributed by atoms with Crippen molar-refractivity contribution in [2.24, 2.45) is 11.3 Å². The Hall–Kier alpha value is -2.17. The Morgan fingerprint density at radius 1 is 1.38 bits per heavy atom. The molecule has 2 heterocycles. The van der Waals surface area contributed by atoms with Gasteiger partial charge in [-0.3, -0.25) is 14.5 Å².